The molecule has 0 saturated carbocycles. The highest BCUT2D eigenvalue weighted by Crippen LogP contribution is 2.27. The maximum absolute atomic E-state index is 5.53. The van der Waals surface area contributed by atoms with E-state index in [1.807, 2.05) is 27.7 Å². The molecule has 0 unspecified atom stereocenters. The minimum Gasteiger partial charge on any atom is -0.346 e. The van der Waals surface area contributed by atoms with Crippen LogP contribution in [0, 0.1) is 6.29 Å². The first-order valence-electron chi connectivity index (χ1n) is 5.55. The molecule has 0 aromatic carbocycles. The quantitative estimate of drug-likeness (QED) is 0.558. The Bertz CT molecular complexity index is 138. The zero-order valence-electron chi connectivity index (χ0n) is 10.5. The average Bonchev–Trinajstić information content (AvgIpc) is 2.18. The van der Waals surface area contributed by atoms with E-state index in [0.717, 1.165) is 0 Å². The molecule has 15 heavy (non-hydrogen) atoms. The Morgan fingerprint density at radius 1 is 0.800 bits per heavy atom. The van der Waals surface area contributed by atoms with Crippen LogP contribution in [0.15, 0.2) is 0 Å². The summed E-state index contributed by atoms with van der Waals surface area (Å²) in [6.07, 6.45) is 0.399. The van der Waals surface area contributed by atoms with Crippen LogP contribution in [0.25, 0.3) is 0 Å². The fourth-order valence-corrected chi connectivity index (χ4v) is 1.28. The second-order valence-corrected chi connectivity index (χ2v) is 2.97. The van der Waals surface area contributed by atoms with Crippen molar-refractivity contribution in [2.75, 3.05) is 26.4 Å². The Kier molecular flexibility index (Phi) is 7.96. The van der Waals surface area contributed by atoms with Crippen molar-refractivity contribution in [3.63, 3.8) is 0 Å². The molecule has 0 amide bonds. The van der Waals surface area contributed by atoms with Crippen molar-refractivity contribution in [2.45, 2.75) is 40.4 Å². The second kappa shape index (κ2) is 8.05. The summed E-state index contributed by atoms with van der Waals surface area (Å²) >= 11 is 0. The zero-order chi connectivity index (χ0) is 11.7. The van der Waals surface area contributed by atoms with Crippen LogP contribution in [-0.4, -0.2) is 32.2 Å². The van der Waals surface area contributed by atoms with E-state index in [2.05, 4.69) is 0 Å². The molecule has 0 bridgehead atoms. The minimum absolute atomic E-state index is 0.399. The van der Waals surface area contributed by atoms with Crippen LogP contribution in [0.3, 0.4) is 0 Å². The van der Waals surface area contributed by atoms with Gasteiger partial charge in [0.05, 0.1) is 0 Å². The molecular formula is C11H23O4. The molecule has 0 rings (SSSR count). The van der Waals surface area contributed by atoms with Crippen LogP contribution in [-0.2, 0) is 18.9 Å². The summed E-state index contributed by atoms with van der Waals surface area (Å²) in [7, 11) is 0. The van der Waals surface area contributed by atoms with Crippen molar-refractivity contribution in [3.05, 3.63) is 6.29 Å². The summed E-state index contributed by atoms with van der Waals surface area (Å²) in [5.74, 6) is -0.907. The smallest absolute Gasteiger partial charge is 0.285 e. The van der Waals surface area contributed by atoms with Gasteiger partial charge in [0.1, 0.15) is 0 Å². The number of ether oxygens (including phenoxy) is 4. The standard InChI is InChI=1S/C11H23O4/c1-6-12-10(13-7-2)11(5,14-8-3)15-9-4/h6-9H2,1-5H3. The van der Waals surface area contributed by atoms with Crippen LogP contribution in [0.2, 0.25) is 0 Å². The third-order valence-corrected chi connectivity index (χ3v) is 1.76. The van der Waals surface area contributed by atoms with Crippen molar-refractivity contribution in [2.24, 2.45) is 0 Å². The van der Waals surface area contributed by atoms with Gasteiger partial charge < -0.3 is 18.9 Å². The van der Waals surface area contributed by atoms with Gasteiger partial charge >= 0.3 is 0 Å². The zero-order valence-corrected chi connectivity index (χ0v) is 10.5. The Hall–Kier alpha value is -0.160. The molecule has 0 atom stereocenters. The molecule has 91 valence electrons. The molecule has 0 aliphatic heterocycles. The summed E-state index contributed by atoms with van der Waals surface area (Å²) < 4.78 is 21.8. The second-order valence-electron chi connectivity index (χ2n) is 2.97. The first-order valence-corrected chi connectivity index (χ1v) is 5.55. The van der Waals surface area contributed by atoms with Gasteiger partial charge in [-0.1, -0.05) is 0 Å². The Balaban J connectivity index is 4.48. The molecular weight excluding hydrogens is 196 g/mol. The van der Waals surface area contributed by atoms with Crippen LogP contribution < -0.4 is 0 Å². The Labute approximate surface area is 92.8 Å². The highest BCUT2D eigenvalue weighted by molar-refractivity contribution is 4.84. The highest BCUT2D eigenvalue weighted by Gasteiger charge is 2.39. The summed E-state index contributed by atoms with van der Waals surface area (Å²) in [6.45, 7) is 11.6. The van der Waals surface area contributed by atoms with Crippen molar-refractivity contribution < 1.29 is 18.9 Å². The molecule has 0 aliphatic carbocycles. The molecule has 1 radical (unpaired) electrons. The summed E-state index contributed by atoms with van der Waals surface area (Å²) in [4.78, 5) is 0. The molecule has 0 saturated heterocycles. The predicted octanol–water partition coefficient (Wildman–Crippen LogP) is 2.34. The van der Waals surface area contributed by atoms with Crippen molar-refractivity contribution in [1.29, 1.82) is 0 Å². The SMILES string of the molecule is CCO[C](OCC)C(C)(OCC)OCC. The van der Waals surface area contributed by atoms with Gasteiger partial charge in [-0.3, -0.25) is 0 Å². The average molecular weight is 219 g/mol. The minimum atomic E-state index is -0.907. The molecule has 4 heteroatoms. The lowest BCUT2D eigenvalue weighted by Crippen LogP contribution is -2.42. The normalized spacial score (nSPS) is 12.4. The largest absolute Gasteiger partial charge is 0.346 e. The number of hydrogen-bond donors (Lipinski definition) is 0. The van der Waals surface area contributed by atoms with Crippen molar-refractivity contribution >= 4 is 0 Å². The fraction of sp³-hybridized carbons (Fsp3) is 0.909. The third-order valence-electron chi connectivity index (χ3n) is 1.76. The lowest BCUT2D eigenvalue weighted by Gasteiger charge is -2.34. The Morgan fingerprint density at radius 3 is 1.47 bits per heavy atom. The molecule has 0 fully saturated rings. The maximum Gasteiger partial charge on any atom is 0.285 e. The van der Waals surface area contributed by atoms with Crippen molar-refractivity contribution in [3.8, 4) is 0 Å². The van der Waals surface area contributed by atoms with Gasteiger partial charge in [0.2, 0.25) is 5.79 Å². The molecule has 0 aliphatic rings. The van der Waals surface area contributed by atoms with Gasteiger partial charge in [0.15, 0.2) is 0 Å². The van der Waals surface area contributed by atoms with Crippen LogP contribution >= 0.6 is 0 Å². The van der Waals surface area contributed by atoms with Gasteiger partial charge in [-0.15, -0.1) is 0 Å². The molecule has 0 aromatic rings. The van der Waals surface area contributed by atoms with E-state index in [4.69, 9.17) is 18.9 Å². The molecule has 0 heterocycles. The molecule has 0 aromatic heterocycles. The van der Waals surface area contributed by atoms with E-state index in [0.29, 0.717) is 32.7 Å². The molecule has 4 nitrogen and oxygen atoms in total. The first-order chi connectivity index (χ1) is 7.14. The predicted molar refractivity (Wildman–Crippen MR) is 58.2 cm³/mol. The van der Waals surface area contributed by atoms with E-state index in [1.54, 1.807) is 6.92 Å². The topological polar surface area (TPSA) is 36.9 Å². The lowest BCUT2D eigenvalue weighted by atomic mass is 10.3. The summed E-state index contributed by atoms with van der Waals surface area (Å²) in [5.41, 5.74) is 0. The summed E-state index contributed by atoms with van der Waals surface area (Å²) in [5, 5.41) is 0. The fourth-order valence-electron chi connectivity index (χ4n) is 1.28. The monoisotopic (exact) mass is 219 g/mol. The van der Waals surface area contributed by atoms with Gasteiger partial charge in [-0.2, -0.15) is 0 Å². The van der Waals surface area contributed by atoms with E-state index in [9.17, 15) is 0 Å². The van der Waals surface area contributed by atoms with E-state index in [1.165, 1.54) is 0 Å². The van der Waals surface area contributed by atoms with E-state index in [-0.39, 0.29) is 0 Å². The summed E-state index contributed by atoms with van der Waals surface area (Å²) in [6, 6.07) is 0. The molecule has 0 N–H and O–H groups in total. The number of hydrogen-bond acceptors (Lipinski definition) is 4. The van der Waals surface area contributed by atoms with Gasteiger partial charge in [-0.25, -0.2) is 0 Å². The third kappa shape index (κ3) is 4.93. The number of rotatable bonds is 9. The van der Waals surface area contributed by atoms with E-state index < -0.39 is 5.79 Å². The van der Waals surface area contributed by atoms with Gasteiger partial charge in [0, 0.05) is 26.4 Å². The van der Waals surface area contributed by atoms with Crippen molar-refractivity contribution in [1.82, 2.24) is 0 Å². The Morgan fingerprint density at radius 2 is 1.20 bits per heavy atom. The van der Waals surface area contributed by atoms with Gasteiger partial charge in [-0.05, 0) is 34.6 Å². The van der Waals surface area contributed by atoms with E-state index >= 15 is 0 Å². The highest BCUT2D eigenvalue weighted by atomic mass is 16.8. The van der Waals surface area contributed by atoms with Crippen LogP contribution in [0.4, 0.5) is 0 Å². The lowest BCUT2D eigenvalue weighted by molar-refractivity contribution is -0.285. The first kappa shape index (κ1) is 14.8. The maximum atomic E-state index is 5.53. The van der Waals surface area contributed by atoms with Crippen LogP contribution in [0.5, 0.6) is 0 Å². The molecule has 0 spiro atoms. The van der Waals surface area contributed by atoms with Crippen LogP contribution in [0.1, 0.15) is 34.6 Å². The van der Waals surface area contributed by atoms with Gasteiger partial charge in [0.25, 0.3) is 6.29 Å².